The van der Waals surface area contributed by atoms with Crippen LogP contribution in [0.1, 0.15) is 13.8 Å². The van der Waals surface area contributed by atoms with Crippen molar-refractivity contribution in [3.8, 4) is 12.3 Å². The fourth-order valence-electron chi connectivity index (χ4n) is 1.07. The number of carbonyl (C=O) groups excluding carboxylic acids is 1. The van der Waals surface area contributed by atoms with E-state index in [0.29, 0.717) is 15.7 Å². The zero-order valence-electron chi connectivity index (χ0n) is 9.47. The minimum Gasteiger partial charge on any atom is -0.322 e. The van der Waals surface area contributed by atoms with Gasteiger partial charge in [-0.25, -0.2) is 4.79 Å². The maximum Gasteiger partial charge on any atom is 0.320 e. The van der Waals surface area contributed by atoms with Crippen molar-refractivity contribution in [3.05, 3.63) is 28.2 Å². The van der Waals surface area contributed by atoms with E-state index in [9.17, 15) is 4.79 Å². The molecule has 0 heterocycles. The van der Waals surface area contributed by atoms with Gasteiger partial charge in [0.2, 0.25) is 0 Å². The van der Waals surface area contributed by atoms with E-state index in [0.717, 1.165) is 0 Å². The van der Waals surface area contributed by atoms with Crippen LogP contribution in [0, 0.1) is 12.3 Å². The molecule has 0 atom stereocenters. The zero-order chi connectivity index (χ0) is 13.1. The zero-order valence-corrected chi connectivity index (χ0v) is 11.0. The fourth-order valence-corrected chi connectivity index (χ4v) is 1.40. The lowest BCUT2D eigenvalue weighted by Gasteiger charge is -2.20. The van der Waals surface area contributed by atoms with Gasteiger partial charge in [0.15, 0.2) is 0 Å². The Kier molecular flexibility index (Phi) is 4.28. The summed E-state index contributed by atoms with van der Waals surface area (Å²) in [6, 6.07) is 4.37. The smallest absolute Gasteiger partial charge is 0.320 e. The molecule has 17 heavy (non-hydrogen) atoms. The maximum atomic E-state index is 11.6. The van der Waals surface area contributed by atoms with E-state index in [1.54, 1.807) is 32.0 Å². The van der Waals surface area contributed by atoms with Crippen molar-refractivity contribution in [2.24, 2.45) is 0 Å². The summed E-state index contributed by atoms with van der Waals surface area (Å²) in [4.78, 5) is 11.6. The van der Waals surface area contributed by atoms with Crippen LogP contribution >= 0.6 is 23.2 Å². The van der Waals surface area contributed by atoms with Gasteiger partial charge in [0.05, 0.1) is 16.2 Å². The molecule has 0 aromatic heterocycles. The summed E-state index contributed by atoms with van der Waals surface area (Å²) in [7, 11) is 0. The summed E-state index contributed by atoms with van der Waals surface area (Å²) in [6.45, 7) is 3.43. The molecule has 0 saturated heterocycles. The van der Waals surface area contributed by atoms with E-state index in [1.165, 1.54) is 0 Å². The SMILES string of the molecule is C#CC(C)(C)NC(=O)Nc1cc(Cl)ccc1Cl. The first kappa shape index (κ1) is 13.7. The molecule has 3 nitrogen and oxygen atoms in total. The molecule has 1 aromatic carbocycles. The molecule has 2 N–H and O–H groups in total. The lowest BCUT2D eigenvalue weighted by Crippen LogP contribution is -2.44. The third kappa shape index (κ3) is 4.18. The largest absolute Gasteiger partial charge is 0.322 e. The normalized spacial score (nSPS) is 10.5. The van der Waals surface area contributed by atoms with Gasteiger partial charge >= 0.3 is 6.03 Å². The molecule has 1 aromatic rings. The molecule has 0 bridgehead atoms. The maximum absolute atomic E-state index is 11.6. The molecule has 90 valence electrons. The molecule has 0 aliphatic heterocycles. The number of halogens is 2. The number of terminal acetylenes is 1. The standard InChI is InChI=1S/C12H12Cl2N2O/c1-4-12(2,3)16-11(17)15-10-7-8(13)5-6-9(10)14/h1,5-7H,2-3H3,(H2,15,16,17). The fraction of sp³-hybridized carbons (Fsp3) is 0.250. The number of hydrogen-bond acceptors (Lipinski definition) is 1. The van der Waals surface area contributed by atoms with Crippen LogP contribution < -0.4 is 10.6 Å². The molecule has 1 rings (SSSR count). The monoisotopic (exact) mass is 270 g/mol. The van der Waals surface area contributed by atoms with E-state index >= 15 is 0 Å². The Bertz CT molecular complexity index is 478. The van der Waals surface area contributed by atoms with Crippen molar-refractivity contribution in [3.63, 3.8) is 0 Å². The predicted molar refractivity (Wildman–Crippen MR) is 71.5 cm³/mol. The van der Waals surface area contributed by atoms with Crippen LogP contribution in [0.2, 0.25) is 10.0 Å². The van der Waals surface area contributed by atoms with Gasteiger partial charge in [0.1, 0.15) is 0 Å². The van der Waals surface area contributed by atoms with Crippen LogP contribution in [0.4, 0.5) is 10.5 Å². The second kappa shape index (κ2) is 5.31. The highest BCUT2D eigenvalue weighted by Crippen LogP contribution is 2.25. The number of anilines is 1. The van der Waals surface area contributed by atoms with Gasteiger partial charge in [0, 0.05) is 5.02 Å². The van der Waals surface area contributed by atoms with Gasteiger partial charge in [-0.2, -0.15) is 0 Å². The Morgan fingerprint density at radius 2 is 2.06 bits per heavy atom. The van der Waals surface area contributed by atoms with Crippen LogP contribution in [0.5, 0.6) is 0 Å². The Morgan fingerprint density at radius 3 is 2.65 bits per heavy atom. The second-order valence-corrected chi connectivity index (χ2v) is 4.82. The van der Waals surface area contributed by atoms with Crippen molar-refractivity contribution in [1.82, 2.24) is 5.32 Å². The van der Waals surface area contributed by atoms with Crippen LogP contribution in [0.3, 0.4) is 0 Å². The molecule has 0 aliphatic carbocycles. The molecule has 5 heteroatoms. The molecular formula is C12H12Cl2N2O. The Labute approximate surface area is 110 Å². The van der Waals surface area contributed by atoms with Crippen LogP contribution in [0.15, 0.2) is 18.2 Å². The van der Waals surface area contributed by atoms with E-state index < -0.39 is 11.6 Å². The van der Waals surface area contributed by atoms with Crippen LogP contribution in [-0.4, -0.2) is 11.6 Å². The lowest BCUT2D eigenvalue weighted by atomic mass is 10.1. The first-order valence-electron chi connectivity index (χ1n) is 4.86. The third-order valence-corrected chi connectivity index (χ3v) is 2.53. The van der Waals surface area contributed by atoms with Gasteiger partial charge in [0.25, 0.3) is 0 Å². The van der Waals surface area contributed by atoms with E-state index in [2.05, 4.69) is 16.6 Å². The predicted octanol–water partition coefficient (Wildman–Crippen LogP) is 3.53. The first-order chi connectivity index (χ1) is 7.84. The first-order valence-corrected chi connectivity index (χ1v) is 5.61. The van der Waals surface area contributed by atoms with Crippen LogP contribution in [-0.2, 0) is 0 Å². The topological polar surface area (TPSA) is 41.1 Å². The summed E-state index contributed by atoms with van der Waals surface area (Å²) in [6.07, 6.45) is 5.26. The number of hydrogen-bond donors (Lipinski definition) is 2. The van der Waals surface area contributed by atoms with E-state index in [1.807, 2.05) is 0 Å². The number of rotatable bonds is 2. The molecule has 2 amide bonds. The second-order valence-electron chi connectivity index (χ2n) is 3.97. The Hall–Kier alpha value is -1.37. The number of nitrogens with one attached hydrogen (secondary N) is 2. The summed E-state index contributed by atoms with van der Waals surface area (Å²) in [5, 5.41) is 6.09. The van der Waals surface area contributed by atoms with E-state index in [-0.39, 0.29) is 0 Å². The molecular weight excluding hydrogens is 259 g/mol. The highest BCUT2D eigenvalue weighted by Gasteiger charge is 2.17. The Balaban J connectivity index is 2.76. The molecule has 0 radical (unpaired) electrons. The van der Waals surface area contributed by atoms with Crippen molar-refractivity contribution < 1.29 is 4.79 Å². The third-order valence-electron chi connectivity index (χ3n) is 1.96. The summed E-state index contributed by atoms with van der Waals surface area (Å²) in [5.74, 6) is 2.45. The number of carbonyl (C=O) groups is 1. The van der Waals surface area contributed by atoms with Crippen molar-refractivity contribution in [2.75, 3.05) is 5.32 Å². The molecule has 0 spiro atoms. The summed E-state index contributed by atoms with van der Waals surface area (Å²) in [5.41, 5.74) is -0.292. The number of urea groups is 1. The Morgan fingerprint density at radius 1 is 1.41 bits per heavy atom. The average Bonchev–Trinajstić information content (AvgIpc) is 2.23. The highest BCUT2D eigenvalue weighted by atomic mass is 35.5. The number of amides is 2. The van der Waals surface area contributed by atoms with Crippen molar-refractivity contribution >= 4 is 34.9 Å². The van der Waals surface area contributed by atoms with Gasteiger partial charge in [-0.05, 0) is 32.0 Å². The minimum absolute atomic E-state index is 0.406. The van der Waals surface area contributed by atoms with Gasteiger partial charge in [-0.3, -0.25) is 0 Å². The molecule has 0 aliphatic rings. The quantitative estimate of drug-likeness (QED) is 0.794. The van der Waals surface area contributed by atoms with Gasteiger partial charge in [-0.1, -0.05) is 29.1 Å². The van der Waals surface area contributed by atoms with Crippen LogP contribution in [0.25, 0.3) is 0 Å². The summed E-state index contributed by atoms with van der Waals surface area (Å²) < 4.78 is 0. The average molecular weight is 271 g/mol. The van der Waals surface area contributed by atoms with E-state index in [4.69, 9.17) is 29.6 Å². The minimum atomic E-state index is -0.727. The molecule has 0 fully saturated rings. The summed E-state index contributed by atoms with van der Waals surface area (Å²) >= 11 is 11.7. The molecule has 0 saturated carbocycles. The van der Waals surface area contributed by atoms with Crippen molar-refractivity contribution in [2.45, 2.75) is 19.4 Å². The van der Waals surface area contributed by atoms with Crippen molar-refractivity contribution in [1.29, 1.82) is 0 Å². The van der Waals surface area contributed by atoms with Gasteiger partial charge in [-0.15, -0.1) is 6.42 Å². The number of benzene rings is 1. The van der Waals surface area contributed by atoms with Gasteiger partial charge < -0.3 is 10.6 Å². The lowest BCUT2D eigenvalue weighted by molar-refractivity contribution is 0.247. The highest BCUT2D eigenvalue weighted by molar-refractivity contribution is 6.35. The molecule has 0 unspecified atom stereocenters.